The molecule has 0 radical (unpaired) electrons. The Morgan fingerprint density at radius 3 is 3.07 bits per heavy atom. The van der Waals surface area contributed by atoms with Crippen molar-refractivity contribution in [2.24, 2.45) is 0 Å². The molecule has 2 heterocycles. The van der Waals surface area contributed by atoms with Gasteiger partial charge in [-0.25, -0.2) is 4.98 Å². The maximum absolute atomic E-state index is 5.77. The van der Waals surface area contributed by atoms with Gasteiger partial charge in [-0.1, -0.05) is 0 Å². The number of aryl methyl sites for hydroxylation is 1. The highest BCUT2D eigenvalue weighted by Gasteiger charge is 2.18. The highest BCUT2D eigenvalue weighted by atomic mass is 32.1. The Labute approximate surface area is 92.1 Å². The molecule has 0 unspecified atom stereocenters. The lowest BCUT2D eigenvalue weighted by molar-refractivity contribution is 0.142. The molecule has 1 fully saturated rings. The van der Waals surface area contributed by atoms with E-state index in [2.05, 4.69) is 16.4 Å². The van der Waals surface area contributed by atoms with Crippen molar-refractivity contribution in [1.29, 1.82) is 0 Å². The zero-order valence-electron chi connectivity index (χ0n) is 8.49. The largest absolute Gasteiger partial charge is 0.488 e. The number of rotatable bonds is 2. The average Bonchev–Trinajstić information content (AvgIpc) is 2.50. The molecule has 1 aliphatic rings. The minimum Gasteiger partial charge on any atom is -0.488 e. The lowest BCUT2D eigenvalue weighted by atomic mass is 10.2. The molecule has 0 atom stereocenters. The van der Waals surface area contributed by atoms with E-state index >= 15 is 0 Å². The molecular formula is C11H12N2OS. The number of hydrogen-bond acceptors (Lipinski definition) is 4. The van der Waals surface area contributed by atoms with Gasteiger partial charge in [0, 0.05) is 19.2 Å². The second kappa shape index (κ2) is 3.47. The smallest absolute Gasteiger partial charge is 0.123 e. The summed E-state index contributed by atoms with van der Waals surface area (Å²) >= 11 is 1.72. The number of thiazole rings is 1. The van der Waals surface area contributed by atoms with Crippen LogP contribution >= 0.6 is 11.3 Å². The second-order valence-electron chi connectivity index (χ2n) is 3.76. The van der Waals surface area contributed by atoms with E-state index in [1.54, 1.807) is 11.3 Å². The number of benzene rings is 1. The van der Waals surface area contributed by atoms with Gasteiger partial charge in [0.15, 0.2) is 0 Å². The number of fused-ring (bicyclic) bond motifs is 1. The van der Waals surface area contributed by atoms with Crippen molar-refractivity contribution in [3.8, 4) is 5.75 Å². The molecule has 0 amide bonds. The maximum Gasteiger partial charge on any atom is 0.123 e. The van der Waals surface area contributed by atoms with Crippen LogP contribution in [0, 0.1) is 6.92 Å². The van der Waals surface area contributed by atoms with E-state index in [9.17, 15) is 0 Å². The Bertz CT molecular complexity index is 490. The van der Waals surface area contributed by atoms with Crippen LogP contribution < -0.4 is 10.1 Å². The van der Waals surface area contributed by atoms with Crippen molar-refractivity contribution in [3.05, 3.63) is 23.2 Å². The van der Waals surface area contributed by atoms with E-state index in [4.69, 9.17) is 4.74 Å². The van der Waals surface area contributed by atoms with Crippen molar-refractivity contribution in [1.82, 2.24) is 10.3 Å². The third-order valence-electron chi connectivity index (χ3n) is 2.51. The Hall–Kier alpha value is -1.13. The Balaban J connectivity index is 1.90. The normalized spacial score (nSPS) is 16.6. The highest BCUT2D eigenvalue weighted by molar-refractivity contribution is 7.18. The fraction of sp³-hybridized carbons (Fsp3) is 0.364. The van der Waals surface area contributed by atoms with E-state index in [1.807, 2.05) is 19.1 Å². The first-order chi connectivity index (χ1) is 7.31. The van der Waals surface area contributed by atoms with Gasteiger partial charge >= 0.3 is 0 Å². The van der Waals surface area contributed by atoms with Crippen LogP contribution in [0.3, 0.4) is 0 Å². The zero-order chi connectivity index (χ0) is 10.3. The predicted octanol–water partition coefficient (Wildman–Crippen LogP) is 1.96. The van der Waals surface area contributed by atoms with Crippen LogP contribution in [0.25, 0.3) is 10.2 Å². The van der Waals surface area contributed by atoms with E-state index in [1.165, 1.54) is 4.70 Å². The van der Waals surface area contributed by atoms with Gasteiger partial charge < -0.3 is 10.1 Å². The molecule has 0 bridgehead atoms. The minimum atomic E-state index is 0.335. The molecule has 1 aliphatic heterocycles. The van der Waals surface area contributed by atoms with Crippen molar-refractivity contribution in [3.63, 3.8) is 0 Å². The van der Waals surface area contributed by atoms with Crippen LogP contribution in [0.4, 0.5) is 0 Å². The molecule has 4 heteroatoms. The van der Waals surface area contributed by atoms with Gasteiger partial charge in [-0.15, -0.1) is 11.3 Å². The molecule has 1 saturated heterocycles. The third-order valence-corrected chi connectivity index (χ3v) is 3.46. The maximum atomic E-state index is 5.77. The molecule has 0 saturated carbocycles. The first kappa shape index (κ1) is 9.12. The van der Waals surface area contributed by atoms with Gasteiger partial charge in [0.25, 0.3) is 0 Å². The monoisotopic (exact) mass is 220 g/mol. The van der Waals surface area contributed by atoms with E-state index < -0.39 is 0 Å². The minimum absolute atomic E-state index is 0.335. The molecule has 78 valence electrons. The fourth-order valence-corrected chi connectivity index (χ4v) is 2.44. The molecule has 1 N–H and O–H groups in total. The molecular weight excluding hydrogens is 208 g/mol. The van der Waals surface area contributed by atoms with Gasteiger partial charge in [0.1, 0.15) is 11.9 Å². The van der Waals surface area contributed by atoms with Gasteiger partial charge in [0.2, 0.25) is 0 Å². The van der Waals surface area contributed by atoms with E-state index in [0.29, 0.717) is 6.10 Å². The first-order valence-electron chi connectivity index (χ1n) is 5.06. The molecule has 0 aliphatic carbocycles. The average molecular weight is 220 g/mol. The quantitative estimate of drug-likeness (QED) is 0.840. The molecule has 1 aromatic carbocycles. The summed E-state index contributed by atoms with van der Waals surface area (Å²) in [6.07, 6.45) is 0.335. The molecule has 3 nitrogen and oxygen atoms in total. The van der Waals surface area contributed by atoms with Crippen LogP contribution in [-0.2, 0) is 0 Å². The van der Waals surface area contributed by atoms with Crippen LogP contribution in [0.2, 0.25) is 0 Å². The highest BCUT2D eigenvalue weighted by Crippen LogP contribution is 2.26. The summed E-state index contributed by atoms with van der Waals surface area (Å²) in [7, 11) is 0. The summed E-state index contributed by atoms with van der Waals surface area (Å²) in [5, 5.41) is 4.29. The molecule has 1 aromatic heterocycles. The number of aromatic nitrogens is 1. The summed E-state index contributed by atoms with van der Waals surface area (Å²) in [5.74, 6) is 0.930. The lowest BCUT2D eigenvalue weighted by Crippen LogP contribution is -2.50. The summed E-state index contributed by atoms with van der Waals surface area (Å²) in [6.45, 7) is 3.93. The zero-order valence-corrected chi connectivity index (χ0v) is 9.30. The van der Waals surface area contributed by atoms with Crippen LogP contribution in [-0.4, -0.2) is 24.2 Å². The molecule has 0 spiro atoms. The third kappa shape index (κ3) is 1.70. The second-order valence-corrected chi connectivity index (χ2v) is 5.00. The number of nitrogens with one attached hydrogen (secondary N) is 1. The summed E-state index contributed by atoms with van der Waals surface area (Å²) < 4.78 is 7.00. The number of nitrogens with zero attached hydrogens (tertiary/aromatic N) is 1. The van der Waals surface area contributed by atoms with Crippen molar-refractivity contribution < 1.29 is 4.74 Å². The first-order valence-corrected chi connectivity index (χ1v) is 5.87. The van der Waals surface area contributed by atoms with Crippen LogP contribution in [0.5, 0.6) is 5.75 Å². The lowest BCUT2D eigenvalue weighted by Gasteiger charge is -2.27. The van der Waals surface area contributed by atoms with Crippen LogP contribution in [0.15, 0.2) is 18.2 Å². The number of hydrogen-bond donors (Lipinski definition) is 1. The standard InChI is InChI=1S/C11H12N2OS/c1-7-13-10-4-8(2-3-11(10)15-7)14-9-5-12-6-9/h2-4,9,12H,5-6H2,1H3. The van der Waals surface area contributed by atoms with E-state index in [-0.39, 0.29) is 0 Å². The van der Waals surface area contributed by atoms with Gasteiger partial charge in [-0.3, -0.25) is 0 Å². The Morgan fingerprint density at radius 2 is 2.33 bits per heavy atom. The SMILES string of the molecule is Cc1nc2cc(OC3CNC3)ccc2s1. The topological polar surface area (TPSA) is 34.1 Å². The van der Waals surface area contributed by atoms with E-state index in [0.717, 1.165) is 29.4 Å². The molecule has 15 heavy (non-hydrogen) atoms. The summed E-state index contributed by atoms with van der Waals surface area (Å²) in [4.78, 5) is 4.45. The summed E-state index contributed by atoms with van der Waals surface area (Å²) in [6, 6.07) is 6.14. The summed E-state index contributed by atoms with van der Waals surface area (Å²) in [5.41, 5.74) is 1.04. The van der Waals surface area contributed by atoms with Gasteiger partial charge in [-0.05, 0) is 19.1 Å². The van der Waals surface area contributed by atoms with Crippen molar-refractivity contribution in [2.45, 2.75) is 13.0 Å². The van der Waals surface area contributed by atoms with Crippen LogP contribution in [0.1, 0.15) is 5.01 Å². The predicted molar refractivity (Wildman–Crippen MR) is 61.6 cm³/mol. The Kier molecular flexibility index (Phi) is 2.11. The van der Waals surface area contributed by atoms with Gasteiger partial charge in [-0.2, -0.15) is 0 Å². The van der Waals surface area contributed by atoms with Gasteiger partial charge in [0.05, 0.1) is 15.2 Å². The fourth-order valence-electron chi connectivity index (χ4n) is 1.63. The van der Waals surface area contributed by atoms with Crippen molar-refractivity contribution >= 4 is 21.6 Å². The Morgan fingerprint density at radius 1 is 1.47 bits per heavy atom. The number of ether oxygens (including phenoxy) is 1. The molecule has 2 aromatic rings. The van der Waals surface area contributed by atoms with Crippen molar-refractivity contribution in [2.75, 3.05) is 13.1 Å². The molecule has 3 rings (SSSR count).